The van der Waals surface area contributed by atoms with Crippen LogP contribution in [0.2, 0.25) is 0 Å². The van der Waals surface area contributed by atoms with E-state index in [1.807, 2.05) is 6.92 Å². The Balaban J connectivity index is 1.85. The molecule has 0 atom stereocenters. The van der Waals surface area contributed by atoms with Gasteiger partial charge in [0.25, 0.3) is 11.5 Å². The minimum Gasteiger partial charge on any atom is -0.350 e. The summed E-state index contributed by atoms with van der Waals surface area (Å²) in [4.78, 5) is 29.5. The number of hydrogen-bond acceptors (Lipinski definition) is 4. The van der Waals surface area contributed by atoms with Crippen molar-refractivity contribution in [2.24, 2.45) is 0 Å². The lowest BCUT2D eigenvalue weighted by Crippen LogP contribution is -2.27. The van der Waals surface area contributed by atoms with Crippen LogP contribution in [0.1, 0.15) is 22.0 Å². The fourth-order valence-electron chi connectivity index (χ4n) is 1.47. The van der Waals surface area contributed by atoms with E-state index in [-0.39, 0.29) is 17.2 Å². The Morgan fingerprint density at radius 3 is 2.89 bits per heavy atom. The van der Waals surface area contributed by atoms with E-state index in [1.54, 1.807) is 6.20 Å². The van der Waals surface area contributed by atoms with Crippen LogP contribution >= 0.6 is 0 Å². The summed E-state index contributed by atoms with van der Waals surface area (Å²) in [5, 5.41) is 8.55. The van der Waals surface area contributed by atoms with E-state index >= 15 is 0 Å². The summed E-state index contributed by atoms with van der Waals surface area (Å²) in [6.07, 6.45) is 2.40. The van der Waals surface area contributed by atoms with Crippen molar-refractivity contribution in [3.05, 3.63) is 45.9 Å². The van der Waals surface area contributed by atoms with Crippen molar-refractivity contribution in [1.29, 1.82) is 0 Å². The summed E-state index contributed by atoms with van der Waals surface area (Å²) in [6, 6.07) is 2.65. The zero-order valence-corrected chi connectivity index (χ0v) is 9.86. The van der Waals surface area contributed by atoms with Crippen molar-refractivity contribution in [3.8, 4) is 0 Å². The highest BCUT2D eigenvalue weighted by Crippen LogP contribution is 1.96. The first-order valence-electron chi connectivity index (χ1n) is 5.49. The lowest BCUT2D eigenvalue weighted by molar-refractivity contribution is 0.0948. The summed E-state index contributed by atoms with van der Waals surface area (Å²) in [5.41, 5.74) is 0.817. The molecule has 0 fully saturated rings. The summed E-state index contributed by atoms with van der Waals surface area (Å²) in [7, 11) is 0. The van der Waals surface area contributed by atoms with Crippen molar-refractivity contribution < 1.29 is 4.79 Å². The van der Waals surface area contributed by atoms with E-state index in [1.165, 1.54) is 12.1 Å². The highest BCUT2D eigenvalue weighted by Gasteiger charge is 2.06. The van der Waals surface area contributed by atoms with E-state index < -0.39 is 0 Å². The number of aromatic nitrogens is 4. The van der Waals surface area contributed by atoms with Crippen LogP contribution in [0.15, 0.2) is 23.1 Å². The molecule has 7 heteroatoms. The topological polar surface area (TPSA) is 104 Å². The number of H-pyrrole nitrogens is 2. The predicted molar refractivity (Wildman–Crippen MR) is 64.2 cm³/mol. The molecule has 0 aromatic carbocycles. The highest BCUT2D eigenvalue weighted by molar-refractivity contribution is 5.91. The number of imidazole rings is 1. The molecule has 3 N–H and O–H groups in total. The smallest absolute Gasteiger partial charge is 0.271 e. The van der Waals surface area contributed by atoms with Crippen LogP contribution in [0.25, 0.3) is 0 Å². The molecular formula is C11H13N5O2. The number of amides is 1. The maximum Gasteiger partial charge on any atom is 0.271 e. The van der Waals surface area contributed by atoms with Gasteiger partial charge in [0, 0.05) is 30.9 Å². The van der Waals surface area contributed by atoms with Gasteiger partial charge in [-0.25, -0.2) is 10.1 Å². The van der Waals surface area contributed by atoms with E-state index in [4.69, 9.17) is 0 Å². The van der Waals surface area contributed by atoms with E-state index in [0.29, 0.717) is 13.0 Å². The maximum atomic E-state index is 11.6. The molecule has 0 saturated heterocycles. The zero-order chi connectivity index (χ0) is 13.0. The van der Waals surface area contributed by atoms with Crippen LogP contribution in [-0.4, -0.2) is 32.6 Å². The van der Waals surface area contributed by atoms with E-state index in [0.717, 1.165) is 11.5 Å². The standard InChI is InChI=1S/C11H13N5O2/c1-7-13-6-8(14-7)4-5-12-11(18)9-2-3-10(17)16-15-9/h2-3,6H,4-5H2,1H3,(H,12,18)(H,13,14)(H,16,17). The first-order chi connectivity index (χ1) is 8.65. The largest absolute Gasteiger partial charge is 0.350 e. The van der Waals surface area contributed by atoms with Crippen LogP contribution in [0, 0.1) is 6.92 Å². The molecule has 18 heavy (non-hydrogen) atoms. The number of carbonyl (C=O) groups excluding carboxylic acids is 1. The minimum absolute atomic E-state index is 0.190. The summed E-state index contributed by atoms with van der Waals surface area (Å²) in [5.74, 6) is 0.529. The number of hydrogen-bond donors (Lipinski definition) is 3. The van der Waals surface area contributed by atoms with Crippen LogP contribution in [0.5, 0.6) is 0 Å². The molecule has 0 bridgehead atoms. The molecule has 0 saturated carbocycles. The van der Waals surface area contributed by atoms with Crippen molar-refractivity contribution in [3.63, 3.8) is 0 Å². The number of nitrogens with zero attached hydrogens (tertiary/aromatic N) is 2. The monoisotopic (exact) mass is 247 g/mol. The van der Waals surface area contributed by atoms with Gasteiger partial charge in [0.1, 0.15) is 11.5 Å². The number of aryl methyl sites for hydroxylation is 1. The second-order valence-electron chi connectivity index (χ2n) is 3.81. The van der Waals surface area contributed by atoms with Crippen LogP contribution in [0.3, 0.4) is 0 Å². The Bertz CT molecular complexity index is 581. The summed E-state index contributed by atoms with van der Waals surface area (Å²) >= 11 is 0. The van der Waals surface area contributed by atoms with Gasteiger partial charge < -0.3 is 10.3 Å². The van der Waals surface area contributed by atoms with Crippen molar-refractivity contribution >= 4 is 5.91 Å². The molecule has 0 aliphatic heterocycles. The predicted octanol–water partition coefficient (Wildman–Crippen LogP) is -0.226. The molecule has 0 unspecified atom stereocenters. The van der Waals surface area contributed by atoms with Gasteiger partial charge in [-0.2, -0.15) is 5.10 Å². The van der Waals surface area contributed by atoms with Gasteiger partial charge in [0.15, 0.2) is 0 Å². The molecule has 7 nitrogen and oxygen atoms in total. The fraction of sp³-hybridized carbons (Fsp3) is 0.273. The van der Waals surface area contributed by atoms with Crippen LogP contribution < -0.4 is 10.9 Å². The number of carbonyl (C=O) groups is 1. The molecule has 0 radical (unpaired) electrons. The Hall–Kier alpha value is -2.44. The molecule has 0 spiro atoms. The third-order valence-corrected chi connectivity index (χ3v) is 2.35. The lowest BCUT2D eigenvalue weighted by atomic mass is 10.3. The lowest BCUT2D eigenvalue weighted by Gasteiger charge is -2.02. The highest BCUT2D eigenvalue weighted by atomic mass is 16.2. The van der Waals surface area contributed by atoms with Gasteiger partial charge in [-0.15, -0.1) is 0 Å². The summed E-state index contributed by atoms with van der Waals surface area (Å²) < 4.78 is 0. The van der Waals surface area contributed by atoms with Gasteiger partial charge in [-0.3, -0.25) is 9.59 Å². The van der Waals surface area contributed by atoms with Gasteiger partial charge in [-0.05, 0) is 13.0 Å². The molecule has 2 aromatic heterocycles. The third kappa shape index (κ3) is 3.03. The van der Waals surface area contributed by atoms with E-state index in [2.05, 4.69) is 25.5 Å². The molecule has 2 aromatic rings. The van der Waals surface area contributed by atoms with Gasteiger partial charge in [0.2, 0.25) is 0 Å². The molecule has 2 heterocycles. The minimum atomic E-state index is -0.334. The van der Waals surface area contributed by atoms with E-state index in [9.17, 15) is 9.59 Å². The second kappa shape index (κ2) is 5.26. The Morgan fingerprint density at radius 2 is 2.28 bits per heavy atom. The maximum absolute atomic E-state index is 11.6. The number of aromatic amines is 2. The van der Waals surface area contributed by atoms with Crippen molar-refractivity contribution in [2.75, 3.05) is 6.54 Å². The molecular weight excluding hydrogens is 234 g/mol. The normalized spacial score (nSPS) is 10.3. The van der Waals surface area contributed by atoms with Gasteiger partial charge in [0.05, 0.1) is 0 Å². The second-order valence-corrected chi connectivity index (χ2v) is 3.81. The molecule has 94 valence electrons. The first-order valence-corrected chi connectivity index (χ1v) is 5.49. The number of nitrogens with one attached hydrogen (secondary N) is 3. The first kappa shape index (κ1) is 12.0. The quantitative estimate of drug-likeness (QED) is 0.694. The summed E-state index contributed by atoms with van der Waals surface area (Å²) in [6.45, 7) is 2.34. The number of rotatable bonds is 4. The van der Waals surface area contributed by atoms with Crippen LogP contribution in [0.4, 0.5) is 0 Å². The third-order valence-electron chi connectivity index (χ3n) is 2.35. The van der Waals surface area contributed by atoms with Crippen molar-refractivity contribution in [2.45, 2.75) is 13.3 Å². The van der Waals surface area contributed by atoms with Crippen LogP contribution in [-0.2, 0) is 6.42 Å². The van der Waals surface area contributed by atoms with Crippen molar-refractivity contribution in [1.82, 2.24) is 25.5 Å². The van der Waals surface area contributed by atoms with Gasteiger partial charge in [-0.1, -0.05) is 0 Å². The molecule has 2 rings (SSSR count). The molecule has 1 amide bonds. The Morgan fingerprint density at radius 1 is 1.44 bits per heavy atom. The average Bonchev–Trinajstić information content (AvgIpc) is 2.76. The SMILES string of the molecule is Cc1ncc(CCNC(=O)c2ccc(=O)[nH]n2)[nH]1. The molecule has 0 aliphatic carbocycles. The zero-order valence-electron chi connectivity index (χ0n) is 9.86. The Kier molecular flexibility index (Phi) is 3.52. The Labute approximate surface area is 103 Å². The average molecular weight is 247 g/mol. The fourth-order valence-corrected chi connectivity index (χ4v) is 1.47. The molecule has 0 aliphatic rings. The van der Waals surface area contributed by atoms with Gasteiger partial charge >= 0.3 is 0 Å².